The van der Waals surface area contributed by atoms with Crippen molar-refractivity contribution in [2.24, 2.45) is 0 Å². The van der Waals surface area contributed by atoms with Gasteiger partial charge in [0, 0.05) is 6.04 Å². The fourth-order valence-electron chi connectivity index (χ4n) is 3.31. The molecule has 3 aromatic rings. The second-order valence-corrected chi connectivity index (χ2v) is 9.70. The monoisotopic (exact) mass is 465 g/mol. The van der Waals surface area contributed by atoms with Crippen molar-refractivity contribution in [3.8, 4) is 0 Å². The number of carbonyl (C=O) groups is 2. The number of benzene rings is 3. The van der Waals surface area contributed by atoms with Crippen LogP contribution < -0.4 is 14.9 Å². The summed E-state index contributed by atoms with van der Waals surface area (Å²) in [6.07, 6.45) is 0. The van der Waals surface area contributed by atoms with Gasteiger partial charge in [-0.25, -0.2) is 8.42 Å². The molecule has 172 valence electrons. The molecule has 0 aliphatic carbocycles. The highest BCUT2D eigenvalue weighted by molar-refractivity contribution is 7.92. The topological polar surface area (TPSA) is 95.6 Å². The van der Waals surface area contributed by atoms with Crippen LogP contribution in [0.5, 0.6) is 0 Å². The van der Waals surface area contributed by atoms with Gasteiger partial charge in [0.2, 0.25) is 5.91 Å². The third-order valence-corrected chi connectivity index (χ3v) is 6.64. The Kier molecular flexibility index (Phi) is 7.50. The van der Waals surface area contributed by atoms with Crippen LogP contribution in [0.1, 0.15) is 29.8 Å². The maximum absolute atomic E-state index is 13.5. The van der Waals surface area contributed by atoms with Crippen molar-refractivity contribution in [1.29, 1.82) is 0 Å². The van der Waals surface area contributed by atoms with Crippen molar-refractivity contribution in [3.05, 3.63) is 90.0 Å². The highest BCUT2D eigenvalue weighted by Gasteiger charge is 2.28. The van der Waals surface area contributed by atoms with E-state index in [0.29, 0.717) is 22.5 Å². The van der Waals surface area contributed by atoms with Crippen LogP contribution in [0.25, 0.3) is 0 Å². The zero-order chi connectivity index (χ0) is 24.0. The lowest BCUT2D eigenvalue weighted by Crippen LogP contribution is -2.39. The Morgan fingerprint density at radius 3 is 2.15 bits per heavy atom. The summed E-state index contributed by atoms with van der Waals surface area (Å²) in [5.41, 5.74) is 1.72. The lowest BCUT2D eigenvalue weighted by atomic mass is 10.1. The number of nitrogens with one attached hydrogen (secondary N) is 2. The Morgan fingerprint density at radius 2 is 1.48 bits per heavy atom. The number of para-hydroxylation sites is 2. The first-order chi connectivity index (χ1) is 15.7. The summed E-state index contributed by atoms with van der Waals surface area (Å²) in [4.78, 5) is 25.6. The molecule has 0 atom stereocenters. The van der Waals surface area contributed by atoms with Gasteiger partial charge in [-0.15, -0.1) is 0 Å². The minimum atomic E-state index is -4.01. The number of aryl methyl sites for hydroxylation is 1. The van der Waals surface area contributed by atoms with Crippen molar-refractivity contribution in [1.82, 2.24) is 5.32 Å². The average molecular weight is 466 g/mol. The minimum absolute atomic E-state index is 0.0752. The molecule has 0 unspecified atom stereocenters. The lowest BCUT2D eigenvalue weighted by Gasteiger charge is -2.25. The highest BCUT2D eigenvalue weighted by Crippen LogP contribution is 2.27. The van der Waals surface area contributed by atoms with Gasteiger partial charge in [-0.2, -0.15) is 0 Å². The molecule has 0 spiro atoms. The minimum Gasteiger partial charge on any atom is -0.350 e. The zero-order valence-corrected chi connectivity index (χ0v) is 19.6. The molecule has 0 heterocycles. The SMILES string of the molecule is Cc1ccccc1N(CC(=O)Nc1ccccc1C(=O)NC(C)C)S(=O)(=O)c1ccccc1. The van der Waals surface area contributed by atoms with E-state index >= 15 is 0 Å². The Balaban J connectivity index is 1.93. The summed E-state index contributed by atoms with van der Waals surface area (Å²) in [7, 11) is -4.01. The molecule has 0 radical (unpaired) electrons. The molecule has 33 heavy (non-hydrogen) atoms. The molecule has 2 amide bonds. The third-order valence-electron chi connectivity index (χ3n) is 4.87. The summed E-state index contributed by atoms with van der Waals surface area (Å²) in [6, 6.07) is 21.5. The van der Waals surface area contributed by atoms with E-state index in [0.717, 1.165) is 4.31 Å². The quantitative estimate of drug-likeness (QED) is 0.526. The molecule has 3 aromatic carbocycles. The van der Waals surface area contributed by atoms with Crippen molar-refractivity contribution in [3.63, 3.8) is 0 Å². The Labute approximate surface area is 194 Å². The van der Waals surface area contributed by atoms with Gasteiger partial charge in [0.05, 0.1) is 21.8 Å². The van der Waals surface area contributed by atoms with Gasteiger partial charge in [0.15, 0.2) is 0 Å². The number of carbonyl (C=O) groups excluding carboxylic acids is 2. The predicted molar refractivity (Wildman–Crippen MR) is 130 cm³/mol. The van der Waals surface area contributed by atoms with E-state index in [4.69, 9.17) is 0 Å². The molecule has 0 saturated heterocycles. The molecule has 0 aliphatic heterocycles. The molecule has 0 aromatic heterocycles. The van der Waals surface area contributed by atoms with Crippen LogP contribution in [0.4, 0.5) is 11.4 Å². The first-order valence-electron chi connectivity index (χ1n) is 10.5. The number of nitrogens with zero attached hydrogens (tertiary/aromatic N) is 1. The zero-order valence-electron chi connectivity index (χ0n) is 18.8. The largest absolute Gasteiger partial charge is 0.350 e. The van der Waals surface area contributed by atoms with Crippen LogP contribution >= 0.6 is 0 Å². The number of rotatable bonds is 8. The Morgan fingerprint density at radius 1 is 0.879 bits per heavy atom. The Bertz CT molecular complexity index is 1240. The number of anilines is 2. The van der Waals surface area contributed by atoms with Crippen LogP contribution in [-0.2, 0) is 14.8 Å². The molecule has 8 heteroatoms. The number of hydrogen-bond acceptors (Lipinski definition) is 4. The van der Waals surface area contributed by atoms with Gasteiger partial charge in [0.25, 0.3) is 15.9 Å². The normalized spacial score (nSPS) is 11.2. The molecular weight excluding hydrogens is 438 g/mol. The fourth-order valence-corrected chi connectivity index (χ4v) is 4.82. The molecule has 0 aliphatic rings. The first kappa shape index (κ1) is 24.0. The van der Waals surface area contributed by atoms with Crippen LogP contribution in [0.3, 0.4) is 0 Å². The highest BCUT2D eigenvalue weighted by atomic mass is 32.2. The van der Waals surface area contributed by atoms with Crippen molar-refractivity contribution < 1.29 is 18.0 Å². The molecule has 3 rings (SSSR count). The first-order valence-corrected chi connectivity index (χ1v) is 12.0. The second-order valence-electron chi connectivity index (χ2n) is 7.83. The van der Waals surface area contributed by atoms with Crippen LogP contribution in [0.2, 0.25) is 0 Å². The Hall–Kier alpha value is -3.65. The molecule has 0 bridgehead atoms. The number of hydrogen-bond donors (Lipinski definition) is 2. The standard InChI is InChI=1S/C25H27N3O4S/c1-18(2)26-25(30)21-14-8-9-15-22(21)27-24(29)17-28(23-16-10-7-11-19(23)3)33(31,32)20-12-5-4-6-13-20/h4-16,18H,17H2,1-3H3,(H,26,30)(H,27,29). The summed E-state index contributed by atoms with van der Waals surface area (Å²) in [5.74, 6) is -0.892. The predicted octanol–water partition coefficient (Wildman–Crippen LogP) is 3.97. The molecule has 0 saturated carbocycles. The lowest BCUT2D eigenvalue weighted by molar-refractivity contribution is -0.114. The smallest absolute Gasteiger partial charge is 0.264 e. The van der Waals surface area contributed by atoms with Gasteiger partial charge in [0.1, 0.15) is 6.54 Å². The fraction of sp³-hybridized carbons (Fsp3) is 0.200. The maximum Gasteiger partial charge on any atom is 0.264 e. The van der Waals surface area contributed by atoms with Gasteiger partial charge in [-0.3, -0.25) is 13.9 Å². The number of amides is 2. The van der Waals surface area contributed by atoms with Crippen LogP contribution in [0.15, 0.2) is 83.8 Å². The van der Waals surface area contributed by atoms with E-state index in [1.165, 1.54) is 12.1 Å². The van der Waals surface area contributed by atoms with E-state index in [-0.39, 0.29) is 16.8 Å². The van der Waals surface area contributed by atoms with Crippen LogP contribution in [0, 0.1) is 6.92 Å². The van der Waals surface area contributed by atoms with Crippen LogP contribution in [-0.4, -0.2) is 32.8 Å². The number of sulfonamides is 1. The summed E-state index contributed by atoms with van der Waals surface area (Å²) in [6.45, 7) is 5.01. The molecule has 2 N–H and O–H groups in total. The van der Waals surface area contributed by atoms with E-state index < -0.39 is 22.5 Å². The van der Waals surface area contributed by atoms with E-state index in [1.54, 1.807) is 73.7 Å². The van der Waals surface area contributed by atoms with Gasteiger partial charge in [-0.1, -0.05) is 48.5 Å². The summed E-state index contributed by atoms with van der Waals surface area (Å²) in [5, 5.41) is 5.50. The van der Waals surface area contributed by atoms with E-state index in [2.05, 4.69) is 10.6 Å². The molecule has 7 nitrogen and oxygen atoms in total. The van der Waals surface area contributed by atoms with E-state index in [1.807, 2.05) is 13.8 Å². The van der Waals surface area contributed by atoms with Crippen molar-refractivity contribution in [2.45, 2.75) is 31.7 Å². The van der Waals surface area contributed by atoms with Gasteiger partial charge in [-0.05, 0) is 56.7 Å². The second kappa shape index (κ2) is 10.3. The summed E-state index contributed by atoms with van der Waals surface area (Å²) >= 11 is 0. The van der Waals surface area contributed by atoms with Crippen molar-refractivity contribution >= 4 is 33.2 Å². The molecular formula is C25H27N3O4S. The maximum atomic E-state index is 13.5. The van der Waals surface area contributed by atoms with E-state index in [9.17, 15) is 18.0 Å². The molecule has 0 fully saturated rings. The summed E-state index contributed by atoms with van der Waals surface area (Å²) < 4.78 is 28.0. The van der Waals surface area contributed by atoms with Gasteiger partial charge < -0.3 is 10.6 Å². The van der Waals surface area contributed by atoms with Crippen molar-refractivity contribution in [2.75, 3.05) is 16.2 Å². The average Bonchev–Trinajstić information content (AvgIpc) is 2.78. The van der Waals surface area contributed by atoms with Gasteiger partial charge >= 0.3 is 0 Å². The third kappa shape index (κ3) is 5.78.